The number of hydrogen-bond donors (Lipinski definition) is 1. The van der Waals surface area contributed by atoms with Crippen LogP contribution in [0, 0.1) is 0 Å². The Bertz CT molecular complexity index is 481. The Morgan fingerprint density at radius 2 is 1.92 bits per heavy atom. The van der Waals surface area contributed by atoms with Gasteiger partial charge < -0.3 is 19.5 Å². The van der Waals surface area contributed by atoms with E-state index in [-0.39, 0.29) is 6.10 Å². The van der Waals surface area contributed by atoms with E-state index in [0.717, 1.165) is 19.4 Å². The maximum atomic E-state index is 10.2. The summed E-state index contributed by atoms with van der Waals surface area (Å²) in [5.74, 6) is 0.700. The van der Waals surface area contributed by atoms with Crippen molar-refractivity contribution in [2.24, 2.45) is 0 Å². The van der Waals surface area contributed by atoms with Crippen LogP contribution in [0.15, 0.2) is 30.3 Å². The Balaban J connectivity index is 1.33. The first-order valence-corrected chi connectivity index (χ1v) is 9.85. The summed E-state index contributed by atoms with van der Waals surface area (Å²) >= 11 is 0. The topological polar surface area (TPSA) is 41.9 Å². The van der Waals surface area contributed by atoms with Crippen LogP contribution in [0.25, 0.3) is 0 Å². The number of likely N-dealkylation sites (N-methyl/N-ethyl adjacent to an activating group) is 1. The van der Waals surface area contributed by atoms with Crippen molar-refractivity contribution in [2.45, 2.75) is 62.7 Å². The average molecular weight is 347 g/mol. The van der Waals surface area contributed by atoms with Gasteiger partial charge in [0.25, 0.3) is 0 Å². The Morgan fingerprint density at radius 3 is 2.60 bits per heavy atom. The standard InChI is InChI=1S/C21H33NO3/c1-22(14-20(23)15-24-16-21-8-5-13-25-21)19-11-9-18(10-12-19)17-6-3-2-4-7-17/h2-4,6-7,18-21,23H,5,8-16H2,1H3. The first kappa shape index (κ1) is 18.8. The molecular weight excluding hydrogens is 314 g/mol. The molecule has 1 aromatic rings. The molecule has 2 atom stereocenters. The molecule has 1 aliphatic heterocycles. The predicted molar refractivity (Wildman–Crippen MR) is 99.9 cm³/mol. The number of rotatable bonds is 8. The number of aliphatic hydroxyl groups is 1. The van der Waals surface area contributed by atoms with Gasteiger partial charge in [-0.15, -0.1) is 0 Å². The molecule has 2 fully saturated rings. The van der Waals surface area contributed by atoms with E-state index in [1.54, 1.807) is 0 Å². The van der Waals surface area contributed by atoms with E-state index in [0.29, 0.717) is 31.7 Å². The molecule has 2 aliphatic rings. The second-order valence-electron chi connectivity index (χ2n) is 7.68. The fourth-order valence-electron chi connectivity index (χ4n) is 4.22. The maximum absolute atomic E-state index is 10.2. The van der Waals surface area contributed by atoms with E-state index < -0.39 is 6.10 Å². The van der Waals surface area contributed by atoms with Gasteiger partial charge in [0.2, 0.25) is 0 Å². The molecular formula is C21H33NO3. The number of nitrogens with zero attached hydrogens (tertiary/aromatic N) is 1. The molecule has 1 aromatic carbocycles. The zero-order valence-corrected chi connectivity index (χ0v) is 15.5. The number of hydrogen-bond acceptors (Lipinski definition) is 4. The lowest BCUT2D eigenvalue weighted by molar-refractivity contribution is -0.0274. The van der Waals surface area contributed by atoms with E-state index in [9.17, 15) is 5.11 Å². The lowest BCUT2D eigenvalue weighted by Gasteiger charge is -2.35. The van der Waals surface area contributed by atoms with Crippen molar-refractivity contribution >= 4 is 0 Å². The molecule has 1 saturated heterocycles. The molecule has 1 N–H and O–H groups in total. The normalized spacial score (nSPS) is 28.4. The van der Waals surface area contributed by atoms with Gasteiger partial charge in [-0.3, -0.25) is 0 Å². The van der Waals surface area contributed by atoms with E-state index in [4.69, 9.17) is 9.47 Å². The summed E-state index contributed by atoms with van der Waals surface area (Å²) in [5.41, 5.74) is 1.48. The van der Waals surface area contributed by atoms with E-state index >= 15 is 0 Å². The van der Waals surface area contributed by atoms with Gasteiger partial charge in [-0.05, 0) is 57.1 Å². The zero-order valence-electron chi connectivity index (χ0n) is 15.5. The van der Waals surface area contributed by atoms with Crippen LogP contribution in [0.1, 0.15) is 50.0 Å². The minimum absolute atomic E-state index is 0.234. The van der Waals surface area contributed by atoms with Crippen LogP contribution >= 0.6 is 0 Å². The summed E-state index contributed by atoms with van der Waals surface area (Å²) in [7, 11) is 2.14. The van der Waals surface area contributed by atoms with Crippen molar-refractivity contribution in [1.29, 1.82) is 0 Å². The van der Waals surface area contributed by atoms with Gasteiger partial charge in [-0.1, -0.05) is 30.3 Å². The van der Waals surface area contributed by atoms with Crippen molar-refractivity contribution in [2.75, 3.05) is 33.4 Å². The number of benzene rings is 1. The van der Waals surface area contributed by atoms with E-state index in [1.807, 2.05) is 0 Å². The summed E-state index contributed by atoms with van der Waals surface area (Å²) in [6.07, 6.45) is 6.93. The van der Waals surface area contributed by atoms with Crippen LogP contribution in [0.4, 0.5) is 0 Å². The lowest BCUT2D eigenvalue weighted by atomic mass is 9.81. The minimum Gasteiger partial charge on any atom is -0.389 e. The van der Waals surface area contributed by atoms with Crippen molar-refractivity contribution in [3.63, 3.8) is 0 Å². The summed E-state index contributed by atoms with van der Waals surface area (Å²) in [6, 6.07) is 11.5. The molecule has 140 valence electrons. The molecule has 0 spiro atoms. The molecule has 3 rings (SSSR count). The van der Waals surface area contributed by atoms with Crippen LogP contribution < -0.4 is 0 Å². The molecule has 4 heteroatoms. The molecule has 1 saturated carbocycles. The highest BCUT2D eigenvalue weighted by atomic mass is 16.5. The van der Waals surface area contributed by atoms with Crippen molar-refractivity contribution in [3.05, 3.63) is 35.9 Å². The number of ether oxygens (including phenoxy) is 2. The molecule has 1 heterocycles. The summed E-state index contributed by atoms with van der Waals surface area (Å²) in [5, 5.41) is 10.2. The molecule has 0 bridgehead atoms. The summed E-state index contributed by atoms with van der Waals surface area (Å²) in [4.78, 5) is 2.32. The monoisotopic (exact) mass is 347 g/mol. The van der Waals surface area contributed by atoms with Crippen LogP contribution in [-0.4, -0.2) is 61.7 Å². The molecule has 4 nitrogen and oxygen atoms in total. The third-order valence-corrected chi connectivity index (χ3v) is 5.73. The molecule has 1 aliphatic carbocycles. The minimum atomic E-state index is -0.418. The van der Waals surface area contributed by atoms with Gasteiger partial charge >= 0.3 is 0 Å². The average Bonchev–Trinajstić information content (AvgIpc) is 3.16. The third-order valence-electron chi connectivity index (χ3n) is 5.73. The van der Waals surface area contributed by atoms with Gasteiger partial charge in [-0.2, -0.15) is 0 Å². The van der Waals surface area contributed by atoms with E-state index in [2.05, 4.69) is 42.3 Å². The SMILES string of the molecule is CN(CC(O)COCC1CCCO1)C1CCC(c2ccccc2)CC1. The maximum Gasteiger partial charge on any atom is 0.0900 e. The fraction of sp³-hybridized carbons (Fsp3) is 0.714. The highest BCUT2D eigenvalue weighted by Gasteiger charge is 2.26. The van der Waals surface area contributed by atoms with Crippen LogP contribution in [0.2, 0.25) is 0 Å². The summed E-state index contributed by atoms with van der Waals surface area (Å²) in [6.45, 7) is 2.56. The smallest absolute Gasteiger partial charge is 0.0900 e. The molecule has 0 radical (unpaired) electrons. The van der Waals surface area contributed by atoms with Crippen LogP contribution in [0.5, 0.6) is 0 Å². The van der Waals surface area contributed by atoms with Crippen molar-refractivity contribution in [3.8, 4) is 0 Å². The summed E-state index contributed by atoms with van der Waals surface area (Å²) < 4.78 is 11.2. The van der Waals surface area contributed by atoms with Crippen LogP contribution in [0.3, 0.4) is 0 Å². The first-order valence-electron chi connectivity index (χ1n) is 9.85. The zero-order chi connectivity index (χ0) is 17.5. The predicted octanol–water partition coefficient (Wildman–Crippen LogP) is 3.20. The Hall–Kier alpha value is -0.940. The van der Waals surface area contributed by atoms with Gasteiger partial charge in [0.1, 0.15) is 0 Å². The number of aliphatic hydroxyl groups excluding tert-OH is 1. The van der Waals surface area contributed by atoms with Gasteiger partial charge in [0.05, 0.1) is 25.4 Å². The molecule has 0 aromatic heterocycles. The molecule has 2 unspecified atom stereocenters. The van der Waals surface area contributed by atoms with Gasteiger partial charge in [0.15, 0.2) is 0 Å². The van der Waals surface area contributed by atoms with E-state index in [1.165, 1.54) is 31.2 Å². The molecule has 0 amide bonds. The first-order chi connectivity index (χ1) is 12.2. The fourth-order valence-corrected chi connectivity index (χ4v) is 4.22. The second-order valence-corrected chi connectivity index (χ2v) is 7.68. The quantitative estimate of drug-likeness (QED) is 0.784. The van der Waals surface area contributed by atoms with Gasteiger partial charge in [-0.25, -0.2) is 0 Å². The second kappa shape index (κ2) is 9.67. The Morgan fingerprint density at radius 1 is 1.16 bits per heavy atom. The molecule has 25 heavy (non-hydrogen) atoms. The Labute approximate surface area is 152 Å². The highest BCUT2D eigenvalue weighted by molar-refractivity contribution is 5.20. The van der Waals surface area contributed by atoms with Crippen LogP contribution in [-0.2, 0) is 9.47 Å². The van der Waals surface area contributed by atoms with Crippen molar-refractivity contribution < 1.29 is 14.6 Å². The highest BCUT2D eigenvalue weighted by Crippen LogP contribution is 2.34. The lowest BCUT2D eigenvalue weighted by Crippen LogP contribution is -2.41. The van der Waals surface area contributed by atoms with Crippen molar-refractivity contribution in [1.82, 2.24) is 4.90 Å². The third kappa shape index (κ3) is 5.78. The van der Waals surface area contributed by atoms with Gasteiger partial charge in [0, 0.05) is 19.2 Å². The Kier molecular flexibility index (Phi) is 7.29. The largest absolute Gasteiger partial charge is 0.389 e.